The fourth-order valence-corrected chi connectivity index (χ4v) is 5.49. The molecule has 4 aromatic rings. The van der Waals surface area contributed by atoms with E-state index in [1.165, 1.54) is 24.3 Å². The Kier molecular flexibility index (Phi) is 16.4. The topological polar surface area (TPSA) is 275 Å². The van der Waals surface area contributed by atoms with E-state index in [-0.39, 0.29) is 72.6 Å². The number of hydrogen-bond acceptors (Lipinski definition) is 13. The summed E-state index contributed by atoms with van der Waals surface area (Å²) in [6.45, 7) is 4.92. The van der Waals surface area contributed by atoms with Crippen LogP contribution < -0.4 is 22.1 Å². The lowest BCUT2D eigenvalue weighted by Gasteiger charge is -2.13. The lowest BCUT2D eigenvalue weighted by Crippen LogP contribution is -2.24. The molecule has 0 bridgehead atoms. The summed E-state index contributed by atoms with van der Waals surface area (Å²) in [7, 11) is 0. The number of nitrogens with one attached hydrogen (secondary N) is 3. The number of alkyl halides is 1. The molecule has 51 heavy (non-hydrogen) atoms. The number of phenols is 2. The van der Waals surface area contributed by atoms with Gasteiger partial charge in [-0.25, -0.2) is 4.98 Å². The molecule has 9 N–H and O–H groups in total. The molecule has 0 fully saturated rings. The van der Waals surface area contributed by atoms with Crippen LogP contribution in [0.3, 0.4) is 0 Å². The number of phenolic OH excluding ortho intramolecular Hbond substituents is 2. The van der Waals surface area contributed by atoms with Crippen LogP contribution in [0.1, 0.15) is 36.1 Å². The minimum Gasteiger partial charge on any atom is -0.508 e. The van der Waals surface area contributed by atoms with Crippen LogP contribution in [0.4, 0.5) is 11.6 Å². The Morgan fingerprint density at radius 2 is 1.25 bits per heavy atom. The molecule has 0 aliphatic heterocycles. The molecular formula is C34H31BrN10O4S2. The Morgan fingerprint density at radius 1 is 0.804 bits per heavy atom. The molecule has 0 atom stereocenters. The van der Waals surface area contributed by atoms with Gasteiger partial charge in [-0.2, -0.15) is 21.0 Å². The number of nitrogens with two attached hydrogens (primary N) is 2. The van der Waals surface area contributed by atoms with Crippen molar-refractivity contribution < 1.29 is 19.8 Å². The van der Waals surface area contributed by atoms with Crippen LogP contribution in [0.5, 0.6) is 11.5 Å². The SMILES string of the molecule is CCNC(=O)CBr.CCNC(=O)CSc1nc(N)c(C#N)c(-c2ccc(O)cc2)c1C#N.N#Cc1c(N)[nH]c(=S)c(C#N)c1-c1ccc(O)cc1. The molecule has 0 radical (unpaired) electrons. The fourth-order valence-electron chi connectivity index (χ4n) is 4.21. The van der Waals surface area contributed by atoms with Gasteiger partial charge in [0.1, 0.15) is 68.2 Å². The van der Waals surface area contributed by atoms with Crippen LogP contribution in [0.25, 0.3) is 22.3 Å². The number of aromatic amines is 1. The average molecular weight is 788 g/mol. The Balaban J connectivity index is 0.000000305. The number of nitrogens with zero attached hydrogens (tertiary/aromatic N) is 5. The van der Waals surface area contributed by atoms with Gasteiger partial charge in [0.25, 0.3) is 0 Å². The van der Waals surface area contributed by atoms with Gasteiger partial charge in [-0.3, -0.25) is 9.59 Å². The molecule has 2 heterocycles. The van der Waals surface area contributed by atoms with Crippen LogP contribution >= 0.6 is 39.9 Å². The zero-order valence-electron chi connectivity index (χ0n) is 27.2. The van der Waals surface area contributed by atoms with E-state index in [2.05, 4.69) is 42.6 Å². The number of anilines is 2. The van der Waals surface area contributed by atoms with Gasteiger partial charge in [0.05, 0.1) is 22.2 Å². The van der Waals surface area contributed by atoms with E-state index >= 15 is 0 Å². The Hall–Kier alpha value is -6.11. The highest BCUT2D eigenvalue weighted by molar-refractivity contribution is 9.09. The number of H-pyrrole nitrogens is 1. The predicted molar refractivity (Wildman–Crippen MR) is 200 cm³/mol. The van der Waals surface area contributed by atoms with Crippen molar-refractivity contribution in [3.8, 4) is 58.0 Å². The van der Waals surface area contributed by atoms with Gasteiger partial charge in [-0.1, -0.05) is 64.2 Å². The van der Waals surface area contributed by atoms with Gasteiger partial charge in [0.2, 0.25) is 11.8 Å². The molecule has 0 saturated carbocycles. The number of benzene rings is 2. The zero-order chi connectivity index (χ0) is 38.1. The number of nitrogen functional groups attached to an aromatic ring is 2. The summed E-state index contributed by atoms with van der Waals surface area (Å²) in [6.07, 6.45) is 0. The van der Waals surface area contributed by atoms with Crippen molar-refractivity contribution in [1.82, 2.24) is 20.6 Å². The van der Waals surface area contributed by atoms with E-state index in [1.807, 2.05) is 32.1 Å². The molecule has 17 heteroatoms. The highest BCUT2D eigenvalue weighted by atomic mass is 79.9. The number of rotatable bonds is 8. The molecule has 2 amide bonds. The van der Waals surface area contributed by atoms with Crippen molar-refractivity contribution >= 4 is 63.4 Å². The number of aromatic nitrogens is 2. The average Bonchev–Trinajstić information content (AvgIpc) is 3.11. The molecule has 2 aromatic carbocycles. The Morgan fingerprint density at radius 3 is 1.67 bits per heavy atom. The summed E-state index contributed by atoms with van der Waals surface area (Å²) < 4.78 is 0.182. The second-order valence-corrected chi connectivity index (χ2v) is 11.7. The van der Waals surface area contributed by atoms with Crippen molar-refractivity contribution in [2.75, 3.05) is 35.6 Å². The third kappa shape index (κ3) is 11.2. The van der Waals surface area contributed by atoms with Crippen LogP contribution in [-0.4, -0.2) is 56.2 Å². The maximum Gasteiger partial charge on any atom is 0.230 e. The van der Waals surface area contributed by atoms with E-state index in [0.29, 0.717) is 40.7 Å². The largest absolute Gasteiger partial charge is 0.508 e. The third-order valence-electron chi connectivity index (χ3n) is 6.41. The van der Waals surface area contributed by atoms with Crippen LogP contribution in [0.2, 0.25) is 0 Å². The number of amides is 2. The van der Waals surface area contributed by atoms with E-state index in [9.17, 15) is 40.8 Å². The smallest absolute Gasteiger partial charge is 0.230 e. The van der Waals surface area contributed by atoms with Gasteiger partial charge in [0.15, 0.2) is 0 Å². The highest BCUT2D eigenvalue weighted by Crippen LogP contribution is 2.36. The number of aromatic hydroxyl groups is 2. The van der Waals surface area contributed by atoms with Crippen molar-refractivity contribution in [1.29, 1.82) is 21.0 Å². The second-order valence-electron chi connectivity index (χ2n) is 9.79. The minimum atomic E-state index is -0.188. The van der Waals surface area contributed by atoms with Crippen LogP contribution in [0, 0.1) is 50.0 Å². The quantitative estimate of drug-likeness (QED) is 0.0707. The van der Waals surface area contributed by atoms with E-state index < -0.39 is 0 Å². The Labute approximate surface area is 311 Å². The first-order valence-corrected chi connectivity index (χ1v) is 17.2. The van der Waals surface area contributed by atoms with E-state index in [1.54, 1.807) is 24.3 Å². The maximum absolute atomic E-state index is 11.7. The zero-order valence-corrected chi connectivity index (χ0v) is 30.5. The number of thioether (sulfide) groups is 1. The normalized spacial score (nSPS) is 9.55. The monoisotopic (exact) mass is 786 g/mol. The van der Waals surface area contributed by atoms with Gasteiger partial charge >= 0.3 is 0 Å². The number of carbonyl (C=O) groups excluding carboxylic acids is 2. The first-order valence-electron chi connectivity index (χ1n) is 14.7. The molecule has 0 spiro atoms. The molecular weight excluding hydrogens is 756 g/mol. The van der Waals surface area contributed by atoms with E-state index in [0.717, 1.165) is 11.8 Å². The van der Waals surface area contributed by atoms with E-state index in [4.69, 9.17) is 23.7 Å². The molecule has 2 aromatic heterocycles. The molecule has 4 rings (SSSR count). The van der Waals surface area contributed by atoms with Gasteiger partial charge in [0, 0.05) is 24.2 Å². The summed E-state index contributed by atoms with van der Waals surface area (Å²) in [4.78, 5) is 28.7. The summed E-state index contributed by atoms with van der Waals surface area (Å²) in [5.74, 6) is 0.200. The highest BCUT2D eigenvalue weighted by Gasteiger charge is 2.21. The minimum absolute atomic E-state index is 0.0111. The van der Waals surface area contributed by atoms with Crippen LogP contribution in [0.15, 0.2) is 53.6 Å². The summed E-state index contributed by atoms with van der Waals surface area (Å²) >= 11 is 9.13. The van der Waals surface area contributed by atoms with Crippen molar-refractivity contribution in [2.45, 2.75) is 18.9 Å². The summed E-state index contributed by atoms with van der Waals surface area (Å²) in [6, 6.07) is 20.2. The van der Waals surface area contributed by atoms with Crippen molar-refractivity contribution in [2.24, 2.45) is 0 Å². The third-order valence-corrected chi connectivity index (χ3v) is 8.20. The molecule has 260 valence electrons. The Bertz CT molecular complexity index is 2110. The maximum atomic E-state index is 11.7. The molecule has 0 aliphatic rings. The molecule has 14 nitrogen and oxygen atoms in total. The number of nitriles is 4. The molecule has 0 saturated heterocycles. The predicted octanol–water partition coefficient (Wildman–Crippen LogP) is 4.97. The first kappa shape index (κ1) is 41.1. The van der Waals surface area contributed by atoms with Gasteiger partial charge in [-0.05, 0) is 49.2 Å². The lowest BCUT2D eigenvalue weighted by atomic mass is 9.97. The number of hydrogen-bond donors (Lipinski definition) is 7. The van der Waals surface area contributed by atoms with Crippen molar-refractivity contribution in [3.63, 3.8) is 0 Å². The standard InChI is InChI=1S/C17H15N5O2S.C13H8N4OS.C4H8BrNO/c1-2-21-14(24)9-25-17-13(8-19)15(12(7-18)16(20)22-17)10-3-5-11(23)6-4-10;14-5-9-11(7-1-3-8(18)4-2-7)10(6-15)13(19)17-12(9)16;1-2-6-4(7)3-5/h3-6,23H,2,9H2,1H3,(H2,20,22)(H,21,24);1-4,18H,(H3,16,17,19);2-3H2,1H3,(H,6,7). The molecule has 0 unspecified atom stereocenters. The van der Waals surface area contributed by atoms with Crippen LogP contribution in [-0.2, 0) is 9.59 Å². The summed E-state index contributed by atoms with van der Waals surface area (Å²) in [5, 5.41) is 62.1. The first-order chi connectivity index (χ1) is 24.4. The summed E-state index contributed by atoms with van der Waals surface area (Å²) in [5.41, 5.74) is 14.1. The lowest BCUT2D eigenvalue weighted by molar-refractivity contribution is -0.119. The number of halogens is 1. The molecule has 0 aliphatic carbocycles. The van der Waals surface area contributed by atoms with Crippen molar-refractivity contribution in [3.05, 3.63) is 75.4 Å². The number of pyridine rings is 2. The fraction of sp³-hybridized carbons (Fsp3) is 0.176. The van der Waals surface area contributed by atoms with Gasteiger partial charge in [-0.15, -0.1) is 0 Å². The van der Waals surface area contributed by atoms with Gasteiger partial charge < -0.3 is 37.3 Å². The second kappa shape index (κ2) is 20.4. The number of carbonyl (C=O) groups is 2.